The van der Waals surface area contributed by atoms with Crippen LogP contribution in [0.1, 0.15) is 59.8 Å². The first-order chi connectivity index (χ1) is 13.4. The van der Waals surface area contributed by atoms with Crippen molar-refractivity contribution in [3.8, 4) is 0 Å². The van der Waals surface area contributed by atoms with Crippen LogP contribution in [-0.4, -0.2) is 58.9 Å². The molecule has 0 aromatic heterocycles. The zero-order valence-corrected chi connectivity index (χ0v) is 19.2. The van der Waals surface area contributed by atoms with Crippen LogP contribution in [0.2, 0.25) is 0 Å². The zero-order chi connectivity index (χ0) is 22.2. The highest BCUT2D eigenvalue weighted by Crippen LogP contribution is 2.45. The van der Waals surface area contributed by atoms with Crippen LogP contribution in [0.4, 0.5) is 0 Å². The van der Waals surface area contributed by atoms with E-state index in [1.165, 1.54) is 6.42 Å². The molecule has 0 aromatic carbocycles. The lowest BCUT2D eigenvalue weighted by molar-refractivity contribution is -0.131. The molecule has 6 N–H and O–H groups in total. The molecule has 4 atom stereocenters. The summed E-state index contributed by atoms with van der Waals surface area (Å²) >= 11 is 0. The molecular formula is C20H40N3O5P. The van der Waals surface area contributed by atoms with Crippen LogP contribution >= 0.6 is 7.37 Å². The number of carbonyl (C=O) groups is 2. The summed E-state index contributed by atoms with van der Waals surface area (Å²) in [5, 5.41) is 15.4. The minimum absolute atomic E-state index is 0.0597. The van der Waals surface area contributed by atoms with E-state index in [0.29, 0.717) is 0 Å². The standard InChI is InChI=1S/C20H40N3O5P/c1-13(2)17(21)19(25)23-18(14(3)4)20(26)22-10-16(24)12-29(27,28)11-15-8-6-5-7-9-15/h13-18,24H,5-12,21H2,1-4H3,(H,22,26)(H,23,25)(H,27,28). The van der Waals surface area contributed by atoms with Crippen LogP contribution in [0.15, 0.2) is 0 Å². The number of rotatable bonds is 11. The number of hydrogen-bond acceptors (Lipinski definition) is 5. The number of aliphatic hydroxyl groups excluding tert-OH is 1. The molecule has 1 aliphatic carbocycles. The number of amides is 2. The van der Waals surface area contributed by atoms with E-state index in [4.69, 9.17) is 5.73 Å². The molecule has 0 radical (unpaired) electrons. The Morgan fingerprint density at radius 2 is 1.66 bits per heavy atom. The third-order valence-electron chi connectivity index (χ3n) is 5.54. The fourth-order valence-corrected chi connectivity index (χ4v) is 5.77. The normalized spacial score (nSPS) is 20.7. The number of aliphatic hydroxyl groups is 1. The first-order valence-corrected chi connectivity index (χ1v) is 12.8. The summed E-state index contributed by atoms with van der Waals surface area (Å²) in [6.07, 6.45) is 4.17. The first-order valence-electron chi connectivity index (χ1n) is 10.8. The Bertz CT molecular complexity index is 578. The maximum Gasteiger partial charge on any atom is 0.242 e. The number of carbonyl (C=O) groups excluding carboxylic acids is 2. The third-order valence-corrected chi connectivity index (χ3v) is 7.62. The lowest BCUT2D eigenvalue weighted by Crippen LogP contribution is -2.55. The Morgan fingerprint density at radius 3 is 2.17 bits per heavy atom. The van der Waals surface area contributed by atoms with Gasteiger partial charge in [-0.3, -0.25) is 14.2 Å². The largest absolute Gasteiger partial charge is 0.391 e. The van der Waals surface area contributed by atoms with Gasteiger partial charge in [0, 0.05) is 12.7 Å². The molecule has 0 aromatic rings. The summed E-state index contributed by atoms with van der Waals surface area (Å²) in [7, 11) is -3.45. The van der Waals surface area contributed by atoms with E-state index >= 15 is 0 Å². The van der Waals surface area contributed by atoms with Crippen LogP contribution in [0.25, 0.3) is 0 Å². The van der Waals surface area contributed by atoms with Gasteiger partial charge in [-0.2, -0.15) is 0 Å². The molecule has 1 aliphatic rings. The van der Waals surface area contributed by atoms with E-state index in [1.807, 2.05) is 13.8 Å². The highest BCUT2D eigenvalue weighted by Gasteiger charge is 2.30. The van der Waals surface area contributed by atoms with E-state index in [9.17, 15) is 24.2 Å². The Labute approximate surface area is 174 Å². The molecule has 9 heteroatoms. The predicted molar refractivity (Wildman–Crippen MR) is 115 cm³/mol. The molecule has 0 aliphatic heterocycles. The van der Waals surface area contributed by atoms with Gasteiger partial charge in [0.2, 0.25) is 19.2 Å². The first kappa shape index (κ1) is 26.1. The fourth-order valence-electron chi connectivity index (χ4n) is 3.66. The van der Waals surface area contributed by atoms with Gasteiger partial charge in [0.15, 0.2) is 0 Å². The van der Waals surface area contributed by atoms with E-state index in [2.05, 4.69) is 10.6 Å². The Balaban J connectivity index is 2.52. The minimum Gasteiger partial charge on any atom is -0.391 e. The average Bonchev–Trinajstić information content (AvgIpc) is 2.62. The van der Waals surface area contributed by atoms with Crippen molar-refractivity contribution in [3.05, 3.63) is 0 Å². The molecule has 1 saturated carbocycles. The van der Waals surface area contributed by atoms with Crippen LogP contribution in [0.3, 0.4) is 0 Å². The molecule has 0 saturated heterocycles. The van der Waals surface area contributed by atoms with Crippen molar-refractivity contribution in [3.63, 3.8) is 0 Å². The topological polar surface area (TPSA) is 142 Å². The maximum atomic E-state index is 12.5. The van der Waals surface area contributed by atoms with Crippen molar-refractivity contribution in [2.75, 3.05) is 18.9 Å². The van der Waals surface area contributed by atoms with Crippen molar-refractivity contribution in [1.29, 1.82) is 0 Å². The van der Waals surface area contributed by atoms with Crippen LogP contribution in [0, 0.1) is 17.8 Å². The van der Waals surface area contributed by atoms with E-state index in [-0.39, 0.29) is 36.6 Å². The number of nitrogens with two attached hydrogens (primary N) is 1. The highest BCUT2D eigenvalue weighted by atomic mass is 31.2. The van der Waals surface area contributed by atoms with E-state index < -0.39 is 37.4 Å². The molecule has 8 nitrogen and oxygen atoms in total. The summed E-state index contributed by atoms with van der Waals surface area (Å²) in [6, 6.07) is -1.50. The quantitative estimate of drug-likeness (QED) is 0.312. The molecule has 0 spiro atoms. The smallest absolute Gasteiger partial charge is 0.242 e. The van der Waals surface area contributed by atoms with Crippen molar-refractivity contribution in [1.82, 2.24) is 10.6 Å². The summed E-state index contributed by atoms with van der Waals surface area (Å²) in [4.78, 5) is 34.9. The molecule has 2 amide bonds. The van der Waals surface area contributed by atoms with Gasteiger partial charge in [-0.1, -0.05) is 47.0 Å². The molecule has 4 unspecified atom stereocenters. The van der Waals surface area contributed by atoms with Gasteiger partial charge >= 0.3 is 0 Å². The maximum absolute atomic E-state index is 12.5. The second-order valence-corrected chi connectivity index (χ2v) is 11.5. The fraction of sp³-hybridized carbons (Fsp3) is 0.900. The van der Waals surface area contributed by atoms with E-state index in [1.54, 1.807) is 13.8 Å². The molecule has 29 heavy (non-hydrogen) atoms. The van der Waals surface area contributed by atoms with Gasteiger partial charge in [-0.25, -0.2) is 0 Å². The van der Waals surface area contributed by atoms with Crippen LogP contribution in [0.5, 0.6) is 0 Å². The van der Waals surface area contributed by atoms with E-state index in [0.717, 1.165) is 25.7 Å². The Kier molecular flexibility index (Phi) is 10.8. The molecule has 170 valence electrons. The number of nitrogens with one attached hydrogen (secondary N) is 2. The molecule has 1 rings (SSSR count). The molecule has 0 heterocycles. The summed E-state index contributed by atoms with van der Waals surface area (Å²) in [5.74, 6) is -0.835. The SMILES string of the molecule is CC(C)C(N)C(=O)NC(C(=O)NCC(O)CP(=O)(O)CC1CCCCC1)C(C)C. The van der Waals surface area contributed by atoms with Crippen molar-refractivity contribution < 1.29 is 24.2 Å². The second-order valence-electron chi connectivity index (χ2n) is 9.11. The van der Waals surface area contributed by atoms with Gasteiger partial charge in [0.05, 0.1) is 18.3 Å². The lowest BCUT2D eigenvalue weighted by Gasteiger charge is -2.26. The van der Waals surface area contributed by atoms with Gasteiger partial charge in [0.1, 0.15) is 6.04 Å². The number of hydrogen-bond donors (Lipinski definition) is 5. The zero-order valence-electron chi connectivity index (χ0n) is 18.3. The monoisotopic (exact) mass is 433 g/mol. The van der Waals surface area contributed by atoms with Gasteiger partial charge < -0.3 is 26.4 Å². The summed E-state index contributed by atoms with van der Waals surface area (Å²) in [5.41, 5.74) is 5.83. The van der Waals surface area contributed by atoms with Crippen LogP contribution in [-0.2, 0) is 14.2 Å². The minimum atomic E-state index is -3.45. The van der Waals surface area contributed by atoms with Crippen molar-refractivity contribution in [2.24, 2.45) is 23.5 Å². The summed E-state index contributed by atoms with van der Waals surface area (Å²) in [6.45, 7) is 7.11. The summed E-state index contributed by atoms with van der Waals surface area (Å²) < 4.78 is 12.5. The highest BCUT2D eigenvalue weighted by molar-refractivity contribution is 7.58. The predicted octanol–water partition coefficient (Wildman–Crippen LogP) is 1.44. The lowest BCUT2D eigenvalue weighted by atomic mass is 9.91. The second kappa shape index (κ2) is 12.0. The molecule has 0 bridgehead atoms. The van der Waals surface area contributed by atoms with Gasteiger partial charge in [-0.05, 0) is 30.6 Å². The van der Waals surface area contributed by atoms with Crippen molar-refractivity contribution in [2.45, 2.75) is 78.0 Å². The average molecular weight is 434 g/mol. The Morgan fingerprint density at radius 1 is 1.07 bits per heavy atom. The Hall–Kier alpha value is -0.950. The van der Waals surface area contributed by atoms with Gasteiger partial charge in [0.25, 0.3) is 0 Å². The van der Waals surface area contributed by atoms with Crippen LogP contribution < -0.4 is 16.4 Å². The molecule has 1 fully saturated rings. The third kappa shape index (κ3) is 9.60. The molecular weight excluding hydrogens is 393 g/mol. The van der Waals surface area contributed by atoms with Gasteiger partial charge in [-0.15, -0.1) is 0 Å². The van der Waals surface area contributed by atoms with Crippen molar-refractivity contribution >= 4 is 19.2 Å².